The molecule has 0 aliphatic carbocycles. The first-order valence-corrected chi connectivity index (χ1v) is 5.90. The second-order valence-corrected chi connectivity index (χ2v) is 4.61. The van der Waals surface area contributed by atoms with Crippen LogP contribution < -0.4 is 5.32 Å². The summed E-state index contributed by atoms with van der Waals surface area (Å²) in [7, 11) is 1.35. The maximum atomic E-state index is 11.4. The Morgan fingerprint density at radius 1 is 1.35 bits per heavy atom. The van der Waals surface area contributed by atoms with E-state index in [9.17, 15) is 4.79 Å². The number of nitrogens with one attached hydrogen (secondary N) is 1. The standard InChI is InChI=1S/C12H12N2O2S/c1-8-10(11(15)16-2)14-12(17-8)13-9-6-4-3-5-7-9/h3-7H,1-2H3,(H,13,14). The summed E-state index contributed by atoms with van der Waals surface area (Å²) < 4.78 is 4.66. The van der Waals surface area contributed by atoms with Crippen LogP contribution in [0.25, 0.3) is 0 Å². The third-order valence-corrected chi connectivity index (χ3v) is 3.09. The van der Waals surface area contributed by atoms with Crippen LogP contribution in [0.15, 0.2) is 30.3 Å². The van der Waals surface area contributed by atoms with Crippen molar-refractivity contribution in [3.63, 3.8) is 0 Å². The lowest BCUT2D eigenvalue weighted by molar-refractivity contribution is 0.0594. The summed E-state index contributed by atoms with van der Waals surface area (Å²) in [5.74, 6) is -0.403. The van der Waals surface area contributed by atoms with Crippen molar-refractivity contribution in [2.45, 2.75) is 6.92 Å². The van der Waals surface area contributed by atoms with E-state index in [1.807, 2.05) is 37.3 Å². The van der Waals surface area contributed by atoms with Crippen molar-refractivity contribution in [3.8, 4) is 0 Å². The number of aromatic nitrogens is 1. The Bertz CT molecular complexity index is 523. The molecule has 2 aromatic rings. The predicted molar refractivity (Wildman–Crippen MR) is 67.9 cm³/mol. The summed E-state index contributed by atoms with van der Waals surface area (Å²) in [4.78, 5) is 16.4. The molecule has 0 spiro atoms. The van der Waals surface area contributed by atoms with Gasteiger partial charge in [0.15, 0.2) is 10.8 Å². The van der Waals surface area contributed by atoms with E-state index in [-0.39, 0.29) is 0 Å². The Balaban J connectivity index is 2.21. The van der Waals surface area contributed by atoms with E-state index < -0.39 is 5.97 Å². The third kappa shape index (κ3) is 2.62. The lowest BCUT2D eigenvalue weighted by Gasteiger charge is -2.00. The Morgan fingerprint density at radius 2 is 2.06 bits per heavy atom. The quantitative estimate of drug-likeness (QED) is 0.848. The van der Waals surface area contributed by atoms with E-state index in [0.29, 0.717) is 10.8 Å². The highest BCUT2D eigenvalue weighted by Crippen LogP contribution is 2.25. The van der Waals surface area contributed by atoms with Gasteiger partial charge in [0.1, 0.15) is 0 Å². The van der Waals surface area contributed by atoms with Crippen molar-refractivity contribution >= 4 is 28.1 Å². The molecule has 2 rings (SSSR count). The van der Waals surface area contributed by atoms with Gasteiger partial charge in [-0.2, -0.15) is 0 Å². The number of esters is 1. The van der Waals surface area contributed by atoms with Crippen LogP contribution >= 0.6 is 11.3 Å². The highest BCUT2D eigenvalue weighted by Gasteiger charge is 2.15. The Labute approximate surface area is 103 Å². The molecule has 0 radical (unpaired) electrons. The fourth-order valence-corrected chi connectivity index (χ4v) is 2.20. The van der Waals surface area contributed by atoms with Gasteiger partial charge in [-0.1, -0.05) is 18.2 Å². The van der Waals surface area contributed by atoms with Crippen LogP contribution in [0.5, 0.6) is 0 Å². The maximum Gasteiger partial charge on any atom is 0.357 e. The second kappa shape index (κ2) is 4.97. The highest BCUT2D eigenvalue weighted by atomic mass is 32.1. The number of benzene rings is 1. The molecule has 17 heavy (non-hydrogen) atoms. The summed E-state index contributed by atoms with van der Waals surface area (Å²) in [5, 5.41) is 3.83. The minimum atomic E-state index is -0.403. The van der Waals surface area contributed by atoms with Gasteiger partial charge in [-0.3, -0.25) is 0 Å². The number of methoxy groups -OCH3 is 1. The van der Waals surface area contributed by atoms with Gasteiger partial charge in [0.2, 0.25) is 0 Å². The number of ether oxygens (including phenoxy) is 1. The van der Waals surface area contributed by atoms with Gasteiger partial charge in [-0.25, -0.2) is 9.78 Å². The lowest BCUT2D eigenvalue weighted by atomic mass is 10.3. The first-order chi connectivity index (χ1) is 8.20. The molecule has 0 saturated heterocycles. The summed E-state index contributed by atoms with van der Waals surface area (Å²) in [5.41, 5.74) is 1.31. The van der Waals surface area contributed by atoms with Gasteiger partial charge in [-0.15, -0.1) is 11.3 Å². The van der Waals surface area contributed by atoms with Crippen molar-refractivity contribution in [3.05, 3.63) is 40.9 Å². The Morgan fingerprint density at radius 3 is 2.71 bits per heavy atom. The number of hydrogen-bond donors (Lipinski definition) is 1. The molecular formula is C12H12N2O2S. The van der Waals surface area contributed by atoms with E-state index in [1.54, 1.807) is 0 Å². The molecular weight excluding hydrogens is 236 g/mol. The normalized spacial score (nSPS) is 10.0. The van der Waals surface area contributed by atoms with Crippen LogP contribution in [0, 0.1) is 6.92 Å². The molecule has 0 atom stereocenters. The lowest BCUT2D eigenvalue weighted by Crippen LogP contribution is -2.03. The Kier molecular flexibility index (Phi) is 3.39. The fourth-order valence-electron chi connectivity index (χ4n) is 1.38. The first-order valence-electron chi connectivity index (χ1n) is 5.08. The summed E-state index contributed by atoms with van der Waals surface area (Å²) in [6, 6.07) is 9.69. The zero-order valence-corrected chi connectivity index (χ0v) is 10.4. The molecule has 5 heteroatoms. The van der Waals surface area contributed by atoms with Gasteiger partial charge in [0.25, 0.3) is 0 Å². The second-order valence-electron chi connectivity index (χ2n) is 3.41. The fraction of sp³-hybridized carbons (Fsp3) is 0.167. The minimum Gasteiger partial charge on any atom is -0.464 e. The number of aryl methyl sites for hydroxylation is 1. The number of para-hydroxylation sites is 1. The van der Waals surface area contributed by atoms with Gasteiger partial charge in [0, 0.05) is 10.6 Å². The average Bonchev–Trinajstić information content (AvgIpc) is 2.70. The molecule has 1 aromatic heterocycles. The molecule has 0 fully saturated rings. The van der Waals surface area contributed by atoms with E-state index in [2.05, 4.69) is 15.0 Å². The van der Waals surface area contributed by atoms with Gasteiger partial charge >= 0.3 is 5.97 Å². The van der Waals surface area contributed by atoms with Gasteiger partial charge in [-0.05, 0) is 19.1 Å². The number of hydrogen-bond acceptors (Lipinski definition) is 5. The zero-order valence-electron chi connectivity index (χ0n) is 9.56. The maximum absolute atomic E-state index is 11.4. The molecule has 4 nitrogen and oxygen atoms in total. The van der Waals surface area contributed by atoms with Crippen molar-refractivity contribution in [2.75, 3.05) is 12.4 Å². The molecule has 0 unspecified atom stereocenters. The minimum absolute atomic E-state index is 0.371. The van der Waals surface area contributed by atoms with Crippen molar-refractivity contribution in [1.82, 2.24) is 4.98 Å². The number of nitrogens with zero attached hydrogens (tertiary/aromatic N) is 1. The van der Waals surface area contributed by atoms with Crippen molar-refractivity contribution in [2.24, 2.45) is 0 Å². The largest absolute Gasteiger partial charge is 0.464 e. The van der Waals surface area contributed by atoms with E-state index in [4.69, 9.17) is 0 Å². The molecule has 0 aliphatic heterocycles. The van der Waals surface area contributed by atoms with E-state index in [1.165, 1.54) is 18.4 Å². The molecule has 0 aliphatic rings. The molecule has 0 saturated carbocycles. The predicted octanol–water partition coefficient (Wildman–Crippen LogP) is 2.98. The topological polar surface area (TPSA) is 51.2 Å². The van der Waals surface area contributed by atoms with Crippen LogP contribution in [-0.4, -0.2) is 18.1 Å². The van der Waals surface area contributed by atoms with Crippen LogP contribution in [0.1, 0.15) is 15.4 Å². The van der Waals surface area contributed by atoms with E-state index in [0.717, 1.165) is 10.6 Å². The number of carbonyl (C=O) groups excluding carboxylic acids is 1. The summed E-state index contributed by atoms with van der Waals surface area (Å²) in [6.45, 7) is 1.85. The molecule has 0 bridgehead atoms. The van der Waals surface area contributed by atoms with Crippen LogP contribution in [-0.2, 0) is 4.74 Å². The van der Waals surface area contributed by atoms with Gasteiger partial charge < -0.3 is 10.1 Å². The van der Waals surface area contributed by atoms with Crippen LogP contribution in [0.3, 0.4) is 0 Å². The van der Waals surface area contributed by atoms with Gasteiger partial charge in [0.05, 0.1) is 7.11 Å². The van der Waals surface area contributed by atoms with Crippen LogP contribution in [0.4, 0.5) is 10.8 Å². The highest BCUT2D eigenvalue weighted by molar-refractivity contribution is 7.15. The zero-order chi connectivity index (χ0) is 12.3. The van der Waals surface area contributed by atoms with Crippen molar-refractivity contribution in [1.29, 1.82) is 0 Å². The first kappa shape index (κ1) is 11.6. The number of carbonyl (C=O) groups is 1. The Hall–Kier alpha value is -1.88. The summed E-state index contributed by atoms with van der Waals surface area (Å²) in [6.07, 6.45) is 0. The number of thiazole rings is 1. The average molecular weight is 248 g/mol. The monoisotopic (exact) mass is 248 g/mol. The smallest absolute Gasteiger partial charge is 0.357 e. The summed E-state index contributed by atoms with van der Waals surface area (Å²) >= 11 is 1.43. The molecule has 88 valence electrons. The number of anilines is 2. The molecule has 1 aromatic carbocycles. The molecule has 1 N–H and O–H groups in total. The van der Waals surface area contributed by atoms with Crippen molar-refractivity contribution < 1.29 is 9.53 Å². The van der Waals surface area contributed by atoms with Crippen LogP contribution in [0.2, 0.25) is 0 Å². The third-order valence-electron chi connectivity index (χ3n) is 2.20. The number of rotatable bonds is 3. The molecule has 0 amide bonds. The van der Waals surface area contributed by atoms with E-state index >= 15 is 0 Å². The SMILES string of the molecule is COC(=O)c1nc(Nc2ccccc2)sc1C. The molecule has 1 heterocycles.